The zero-order valence-corrected chi connectivity index (χ0v) is 9.99. The fourth-order valence-electron chi connectivity index (χ4n) is 2.03. The summed E-state index contributed by atoms with van der Waals surface area (Å²) < 4.78 is 15.6. The largest absolute Gasteiger partial charge is 0.478 e. The first-order valence-electron chi connectivity index (χ1n) is 5.33. The van der Waals surface area contributed by atoms with Gasteiger partial charge in [0.1, 0.15) is 5.67 Å². The summed E-state index contributed by atoms with van der Waals surface area (Å²) in [6.07, 6.45) is 0. The fraction of sp³-hybridized carbons (Fsp3) is 0.308. The molecule has 2 rings (SSSR count). The van der Waals surface area contributed by atoms with Crippen LogP contribution in [0.4, 0.5) is 4.39 Å². The summed E-state index contributed by atoms with van der Waals surface area (Å²) in [6.45, 7) is 2.97. The number of carboxylic acids is 1. The molecule has 0 radical (unpaired) electrons. The van der Waals surface area contributed by atoms with Gasteiger partial charge >= 0.3 is 5.97 Å². The van der Waals surface area contributed by atoms with Crippen molar-refractivity contribution in [1.29, 1.82) is 0 Å². The Kier molecular flexibility index (Phi) is 2.45. The highest BCUT2D eigenvalue weighted by atomic mass is 19.1. The first-order chi connectivity index (χ1) is 7.80. The molecular formula is C13H14FNO2. The minimum atomic E-state index is -1.45. The Bertz CT molecular complexity index is 593. The molecule has 2 aromatic rings. The van der Waals surface area contributed by atoms with Crippen LogP contribution in [0.5, 0.6) is 0 Å². The number of hydrogen-bond acceptors (Lipinski definition) is 1. The molecule has 0 unspecified atom stereocenters. The molecule has 1 N–H and O–H groups in total. The highest BCUT2D eigenvalue weighted by Gasteiger charge is 2.23. The van der Waals surface area contributed by atoms with Crippen molar-refractivity contribution in [2.24, 2.45) is 7.05 Å². The zero-order valence-electron chi connectivity index (χ0n) is 9.99. The average molecular weight is 235 g/mol. The van der Waals surface area contributed by atoms with E-state index >= 15 is 0 Å². The Morgan fingerprint density at radius 3 is 2.53 bits per heavy atom. The highest BCUT2D eigenvalue weighted by molar-refractivity contribution is 5.93. The van der Waals surface area contributed by atoms with Gasteiger partial charge in [-0.1, -0.05) is 6.07 Å². The van der Waals surface area contributed by atoms with E-state index in [2.05, 4.69) is 0 Å². The minimum Gasteiger partial charge on any atom is -0.478 e. The SMILES string of the molecule is Cn1c(C(C)(C)F)cc2ccc(C(=O)O)cc21. The number of aromatic carboxylic acids is 1. The number of rotatable bonds is 2. The van der Waals surface area contributed by atoms with Crippen molar-refractivity contribution in [3.8, 4) is 0 Å². The maximum atomic E-state index is 13.9. The number of hydrogen-bond donors (Lipinski definition) is 1. The third kappa shape index (κ3) is 1.90. The van der Waals surface area contributed by atoms with Gasteiger partial charge in [-0.3, -0.25) is 0 Å². The molecule has 0 aliphatic carbocycles. The van der Waals surface area contributed by atoms with Gasteiger partial charge in [0, 0.05) is 18.0 Å². The second-order valence-corrected chi connectivity index (χ2v) is 4.64. The second kappa shape index (κ2) is 3.58. The van der Waals surface area contributed by atoms with E-state index in [0.29, 0.717) is 5.69 Å². The van der Waals surface area contributed by atoms with Crippen molar-refractivity contribution >= 4 is 16.9 Å². The quantitative estimate of drug-likeness (QED) is 0.869. The lowest BCUT2D eigenvalue weighted by Crippen LogP contribution is -2.13. The molecule has 0 aliphatic rings. The topological polar surface area (TPSA) is 42.2 Å². The Morgan fingerprint density at radius 2 is 2.00 bits per heavy atom. The average Bonchev–Trinajstić information content (AvgIpc) is 2.55. The lowest BCUT2D eigenvalue weighted by atomic mass is 10.1. The van der Waals surface area contributed by atoms with Crippen LogP contribution in [0.1, 0.15) is 29.9 Å². The van der Waals surface area contributed by atoms with Gasteiger partial charge in [-0.2, -0.15) is 0 Å². The summed E-state index contributed by atoms with van der Waals surface area (Å²) in [7, 11) is 1.74. The monoisotopic (exact) mass is 235 g/mol. The van der Waals surface area contributed by atoms with Crippen molar-refractivity contribution in [1.82, 2.24) is 4.57 Å². The van der Waals surface area contributed by atoms with Crippen LogP contribution in [-0.2, 0) is 12.7 Å². The number of benzene rings is 1. The molecule has 0 amide bonds. The van der Waals surface area contributed by atoms with Gasteiger partial charge in [0.05, 0.1) is 11.3 Å². The van der Waals surface area contributed by atoms with Gasteiger partial charge < -0.3 is 9.67 Å². The third-order valence-electron chi connectivity index (χ3n) is 2.90. The molecule has 90 valence electrons. The molecule has 0 atom stereocenters. The lowest BCUT2D eigenvalue weighted by molar-refractivity contribution is 0.0697. The summed E-state index contributed by atoms with van der Waals surface area (Å²) in [5, 5.41) is 9.76. The minimum absolute atomic E-state index is 0.210. The van der Waals surface area contributed by atoms with Gasteiger partial charge in [-0.05, 0) is 32.0 Å². The Hall–Kier alpha value is -1.84. The van der Waals surface area contributed by atoms with Gasteiger partial charge in [-0.25, -0.2) is 9.18 Å². The summed E-state index contributed by atoms with van der Waals surface area (Å²) in [5.41, 5.74) is 0.0273. The molecule has 17 heavy (non-hydrogen) atoms. The van der Waals surface area contributed by atoms with E-state index in [4.69, 9.17) is 5.11 Å². The number of alkyl halides is 1. The molecule has 0 fully saturated rings. The Morgan fingerprint density at radius 1 is 1.35 bits per heavy atom. The smallest absolute Gasteiger partial charge is 0.335 e. The number of fused-ring (bicyclic) bond motifs is 1. The van der Waals surface area contributed by atoms with Gasteiger partial charge in [0.15, 0.2) is 0 Å². The molecular weight excluding hydrogens is 221 g/mol. The molecule has 3 nitrogen and oxygen atoms in total. The summed E-state index contributed by atoms with van der Waals surface area (Å²) in [5.74, 6) is -0.978. The van der Waals surface area contributed by atoms with Crippen LogP contribution < -0.4 is 0 Å². The van der Waals surface area contributed by atoms with E-state index in [1.165, 1.54) is 19.9 Å². The number of aryl methyl sites for hydroxylation is 1. The molecule has 1 heterocycles. The number of aromatic nitrogens is 1. The van der Waals surface area contributed by atoms with Crippen molar-refractivity contribution in [2.75, 3.05) is 0 Å². The van der Waals surface area contributed by atoms with E-state index in [-0.39, 0.29) is 5.56 Å². The summed E-state index contributed by atoms with van der Waals surface area (Å²) >= 11 is 0. The number of nitrogens with zero attached hydrogens (tertiary/aromatic N) is 1. The first-order valence-corrected chi connectivity index (χ1v) is 5.33. The molecule has 0 aliphatic heterocycles. The molecule has 0 bridgehead atoms. The number of carboxylic acid groups (broad SMARTS) is 1. The van der Waals surface area contributed by atoms with E-state index in [9.17, 15) is 9.18 Å². The second-order valence-electron chi connectivity index (χ2n) is 4.64. The van der Waals surface area contributed by atoms with Crippen LogP contribution in [0.2, 0.25) is 0 Å². The maximum absolute atomic E-state index is 13.9. The van der Waals surface area contributed by atoms with Crippen molar-refractivity contribution < 1.29 is 14.3 Å². The fourth-order valence-corrected chi connectivity index (χ4v) is 2.03. The summed E-state index contributed by atoms with van der Waals surface area (Å²) in [4.78, 5) is 10.9. The maximum Gasteiger partial charge on any atom is 0.335 e. The number of carbonyl (C=O) groups is 1. The molecule has 1 aromatic heterocycles. The van der Waals surface area contributed by atoms with E-state index in [0.717, 1.165) is 10.9 Å². The van der Waals surface area contributed by atoms with Crippen LogP contribution in [-0.4, -0.2) is 15.6 Å². The normalized spacial score (nSPS) is 12.0. The van der Waals surface area contributed by atoms with Crippen LogP contribution in [0, 0.1) is 0 Å². The molecule has 1 aromatic carbocycles. The molecule has 4 heteroatoms. The van der Waals surface area contributed by atoms with Crippen molar-refractivity contribution in [2.45, 2.75) is 19.5 Å². The van der Waals surface area contributed by atoms with E-state index < -0.39 is 11.6 Å². The molecule has 0 saturated heterocycles. The lowest BCUT2D eigenvalue weighted by Gasteiger charge is -2.15. The molecule has 0 saturated carbocycles. The predicted molar refractivity (Wildman–Crippen MR) is 64.0 cm³/mol. The Balaban J connectivity index is 2.71. The van der Waals surface area contributed by atoms with E-state index in [1.54, 1.807) is 29.8 Å². The van der Waals surface area contributed by atoms with Gasteiger partial charge in [0.2, 0.25) is 0 Å². The van der Waals surface area contributed by atoms with Gasteiger partial charge in [-0.15, -0.1) is 0 Å². The summed E-state index contributed by atoms with van der Waals surface area (Å²) in [6, 6.07) is 6.54. The van der Waals surface area contributed by atoms with Crippen molar-refractivity contribution in [3.05, 3.63) is 35.5 Å². The number of halogens is 1. The molecule has 0 spiro atoms. The predicted octanol–water partition coefficient (Wildman–Crippen LogP) is 3.08. The Labute approximate surface area is 98.5 Å². The standard InChI is InChI=1S/C13H14FNO2/c1-13(2,14)11-7-8-4-5-9(12(16)17)6-10(8)15(11)3/h4-7H,1-3H3,(H,16,17). The first kappa shape index (κ1) is 11.6. The van der Waals surface area contributed by atoms with E-state index in [1.807, 2.05) is 0 Å². The van der Waals surface area contributed by atoms with Crippen LogP contribution in [0.3, 0.4) is 0 Å². The van der Waals surface area contributed by atoms with Crippen LogP contribution in [0.25, 0.3) is 10.9 Å². The van der Waals surface area contributed by atoms with Crippen molar-refractivity contribution in [3.63, 3.8) is 0 Å². The van der Waals surface area contributed by atoms with Crippen LogP contribution >= 0.6 is 0 Å². The van der Waals surface area contributed by atoms with Gasteiger partial charge in [0.25, 0.3) is 0 Å². The van der Waals surface area contributed by atoms with Crippen LogP contribution in [0.15, 0.2) is 24.3 Å². The zero-order chi connectivity index (χ0) is 12.8. The third-order valence-corrected chi connectivity index (χ3v) is 2.90. The highest BCUT2D eigenvalue weighted by Crippen LogP contribution is 2.30.